The summed E-state index contributed by atoms with van der Waals surface area (Å²) in [4.78, 5) is 9.57. The molecule has 0 bridgehead atoms. The average Bonchev–Trinajstić information content (AvgIpc) is 3.17. The van der Waals surface area contributed by atoms with Gasteiger partial charge in [-0.1, -0.05) is 121 Å². The second-order valence-corrected chi connectivity index (χ2v) is 12.1. The molecule has 3 heteroatoms. The smallest absolute Gasteiger partial charge is 0.0703 e. The second-order valence-electron chi connectivity index (χ2n) is 12.1. The zero-order valence-corrected chi connectivity index (χ0v) is 26.2. The van der Waals surface area contributed by atoms with E-state index in [1.165, 1.54) is 44.4 Å². The average molecular weight is 614 g/mol. The third kappa shape index (κ3) is 4.81. The lowest BCUT2D eigenvalue weighted by atomic mass is 9.91. The van der Waals surface area contributed by atoms with E-state index in [0.717, 1.165) is 34.0 Å². The first-order valence-corrected chi connectivity index (χ1v) is 16.3. The van der Waals surface area contributed by atoms with Gasteiger partial charge in [-0.05, 0) is 82.7 Å². The molecule has 48 heavy (non-hydrogen) atoms. The molecule has 1 aliphatic rings. The molecule has 0 spiro atoms. The zero-order valence-electron chi connectivity index (χ0n) is 26.2. The maximum atomic E-state index is 4.90. The van der Waals surface area contributed by atoms with Crippen molar-refractivity contribution in [2.75, 3.05) is 9.80 Å². The van der Waals surface area contributed by atoms with Crippen molar-refractivity contribution in [3.05, 3.63) is 188 Å². The highest BCUT2D eigenvalue weighted by molar-refractivity contribution is 6.13. The number of hydrogen-bond acceptors (Lipinski definition) is 3. The van der Waals surface area contributed by atoms with E-state index in [2.05, 4.69) is 174 Å². The monoisotopic (exact) mass is 613 g/mol. The highest BCUT2D eigenvalue weighted by atomic mass is 15.2. The predicted octanol–water partition coefficient (Wildman–Crippen LogP) is 12.5. The Morgan fingerprint density at radius 1 is 0.396 bits per heavy atom. The SMILES string of the molecule is c1ccc(-c2ccc(N(c3ccc(N4c5ccccc5-c5cccc6cccc4c56)cc3)c3ccc(-c4ccccc4)nc3)cc2)cc1. The fourth-order valence-corrected chi connectivity index (χ4v) is 6.97. The topological polar surface area (TPSA) is 19.4 Å². The third-order valence-corrected chi connectivity index (χ3v) is 9.23. The normalized spacial score (nSPS) is 11.7. The van der Waals surface area contributed by atoms with Gasteiger partial charge in [0.15, 0.2) is 0 Å². The Bertz CT molecular complexity index is 2280. The van der Waals surface area contributed by atoms with E-state index < -0.39 is 0 Å². The minimum atomic E-state index is 0.951. The molecule has 0 radical (unpaired) electrons. The van der Waals surface area contributed by atoms with Crippen molar-refractivity contribution in [2.45, 2.75) is 0 Å². The predicted molar refractivity (Wildman–Crippen MR) is 201 cm³/mol. The molecule has 1 aliphatic heterocycles. The van der Waals surface area contributed by atoms with Gasteiger partial charge in [0.25, 0.3) is 0 Å². The Labute approximate surface area is 280 Å². The summed E-state index contributed by atoms with van der Waals surface area (Å²) < 4.78 is 0. The van der Waals surface area contributed by atoms with Crippen LogP contribution in [0.5, 0.6) is 0 Å². The van der Waals surface area contributed by atoms with Gasteiger partial charge in [-0.2, -0.15) is 0 Å². The van der Waals surface area contributed by atoms with Crippen molar-refractivity contribution in [2.24, 2.45) is 0 Å². The van der Waals surface area contributed by atoms with E-state index in [0.29, 0.717) is 0 Å². The lowest BCUT2D eigenvalue weighted by Gasteiger charge is -2.34. The van der Waals surface area contributed by atoms with Crippen molar-refractivity contribution >= 4 is 44.9 Å². The van der Waals surface area contributed by atoms with Crippen LogP contribution in [0.1, 0.15) is 0 Å². The fourth-order valence-electron chi connectivity index (χ4n) is 6.97. The molecule has 9 rings (SSSR count). The molecule has 1 aromatic heterocycles. The largest absolute Gasteiger partial charge is 0.309 e. The summed E-state index contributed by atoms with van der Waals surface area (Å²) in [6.07, 6.45) is 1.97. The number of hydrogen-bond donors (Lipinski definition) is 0. The second kappa shape index (κ2) is 11.7. The molecule has 0 amide bonds. The van der Waals surface area contributed by atoms with Gasteiger partial charge in [0.2, 0.25) is 0 Å². The van der Waals surface area contributed by atoms with Crippen molar-refractivity contribution < 1.29 is 0 Å². The standard InChI is InChI=1S/C45H31N3/c1-3-11-32(12-4-1)33-21-23-36(24-22-33)47(39-29-30-42(46-31-39)34-13-5-2-6-14-34)37-25-27-38(28-26-37)48-43-19-8-7-17-40(43)41-18-9-15-35-16-10-20-44(48)45(35)41/h1-31H. The summed E-state index contributed by atoms with van der Waals surface area (Å²) in [6, 6.07) is 64.7. The van der Waals surface area contributed by atoms with Gasteiger partial charge in [-0.25, -0.2) is 0 Å². The fraction of sp³-hybridized carbons (Fsp3) is 0. The maximum Gasteiger partial charge on any atom is 0.0703 e. The van der Waals surface area contributed by atoms with Gasteiger partial charge in [0, 0.05) is 33.6 Å². The summed E-state index contributed by atoms with van der Waals surface area (Å²) in [5.74, 6) is 0. The van der Waals surface area contributed by atoms with Crippen LogP contribution in [0.4, 0.5) is 34.1 Å². The van der Waals surface area contributed by atoms with Crippen LogP contribution in [-0.4, -0.2) is 4.98 Å². The van der Waals surface area contributed by atoms with E-state index >= 15 is 0 Å². The first kappa shape index (κ1) is 27.8. The molecule has 7 aromatic carbocycles. The molecule has 0 fully saturated rings. The molecule has 226 valence electrons. The maximum absolute atomic E-state index is 4.90. The van der Waals surface area contributed by atoms with Crippen LogP contribution in [0.2, 0.25) is 0 Å². The number of nitrogens with zero attached hydrogens (tertiary/aromatic N) is 3. The number of anilines is 6. The lowest BCUT2D eigenvalue weighted by Crippen LogP contribution is -2.15. The molecule has 0 saturated heterocycles. The third-order valence-electron chi connectivity index (χ3n) is 9.23. The number of aromatic nitrogens is 1. The summed E-state index contributed by atoms with van der Waals surface area (Å²) in [6.45, 7) is 0. The van der Waals surface area contributed by atoms with Crippen molar-refractivity contribution in [3.63, 3.8) is 0 Å². The first-order chi connectivity index (χ1) is 23.8. The van der Waals surface area contributed by atoms with Crippen LogP contribution in [0, 0.1) is 0 Å². The number of fused-ring (bicyclic) bond motifs is 2. The van der Waals surface area contributed by atoms with E-state index in [9.17, 15) is 0 Å². The molecule has 0 saturated carbocycles. The van der Waals surface area contributed by atoms with Gasteiger partial charge < -0.3 is 9.80 Å². The highest BCUT2D eigenvalue weighted by Crippen LogP contribution is 2.51. The van der Waals surface area contributed by atoms with Crippen molar-refractivity contribution in [1.82, 2.24) is 4.98 Å². The minimum absolute atomic E-state index is 0.951. The van der Waals surface area contributed by atoms with Crippen LogP contribution in [0.3, 0.4) is 0 Å². The molecule has 3 nitrogen and oxygen atoms in total. The van der Waals surface area contributed by atoms with Crippen LogP contribution in [0.25, 0.3) is 44.3 Å². The number of para-hydroxylation sites is 1. The van der Waals surface area contributed by atoms with Crippen LogP contribution in [0.15, 0.2) is 188 Å². The van der Waals surface area contributed by atoms with E-state index in [-0.39, 0.29) is 0 Å². The molecular weight excluding hydrogens is 583 g/mol. The highest BCUT2D eigenvalue weighted by Gasteiger charge is 2.25. The lowest BCUT2D eigenvalue weighted by molar-refractivity contribution is 1.22. The Morgan fingerprint density at radius 3 is 1.67 bits per heavy atom. The van der Waals surface area contributed by atoms with Crippen molar-refractivity contribution in [1.29, 1.82) is 0 Å². The molecule has 0 aliphatic carbocycles. The zero-order chi connectivity index (χ0) is 31.9. The molecule has 0 atom stereocenters. The van der Waals surface area contributed by atoms with Gasteiger partial charge >= 0.3 is 0 Å². The molecular formula is C45H31N3. The molecule has 8 aromatic rings. The number of rotatable bonds is 6. The quantitative estimate of drug-likeness (QED) is 0.186. The Kier molecular flexibility index (Phi) is 6.80. The van der Waals surface area contributed by atoms with E-state index in [4.69, 9.17) is 4.98 Å². The number of pyridine rings is 1. The Balaban J connectivity index is 1.14. The summed E-state index contributed by atoms with van der Waals surface area (Å²) in [5, 5.41) is 2.53. The number of benzene rings is 7. The van der Waals surface area contributed by atoms with Crippen LogP contribution >= 0.6 is 0 Å². The Morgan fingerprint density at radius 2 is 0.958 bits per heavy atom. The van der Waals surface area contributed by atoms with Crippen molar-refractivity contribution in [3.8, 4) is 33.5 Å². The molecule has 2 heterocycles. The van der Waals surface area contributed by atoms with E-state index in [1.54, 1.807) is 0 Å². The van der Waals surface area contributed by atoms with Gasteiger partial charge in [-0.15, -0.1) is 0 Å². The van der Waals surface area contributed by atoms with Gasteiger partial charge in [-0.3, -0.25) is 4.98 Å². The van der Waals surface area contributed by atoms with Crippen LogP contribution in [-0.2, 0) is 0 Å². The summed E-state index contributed by atoms with van der Waals surface area (Å²) in [5.41, 5.74) is 13.6. The first-order valence-electron chi connectivity index (χ1n) is 16.3. The summed E-state index contributed by atoms with van der Waals surface area (Å²) in [7, 11) is 0. The Hall–Kier alpha value is -6.45. The van der Waals surface area contributed by atoms with Crippen LogP contribution < -0.4 is 9.80 Å². The summed E-state index contributed by atoms with van der Waals surface area (Å²) >= 11 is 0. The van der Waals surface area contributed by atoms with Gasteiger partial charge in [0.05, 0.1) is 29.0 Å². The minimum Gasteiger partial charge on any atom is -0.309 e. The molecule has 0 N–H and O–H groups in total. The van der Waals surface area contributed by atoms with Gasteiger partial charge in [0.1, 0.15) is 0 Å². The molecule has 0 unspecified atom stereocenters. The van der Waals surface area contributed by atoms with E-state index in [1.807, 2.05) is 24.4 Å².